The SMILES string of the molecule is CCN(CCCN(C)C)c1c(N)cccc1C(N)=O. The van der Waals surface area contributed by atoms with E-state index in [1.165, 1.54) is 0 Å². The molecule has 0 atom stereocenters. The van der Waals surface area contributed by atoms with Gasteiger partial charge in [-0.05, 0) is 46.1 Å². The lowest BCUT2D eigenvalue weighted by molar-refractivity contribution is 0.100. The van der Waals surface area contributed by atoms with E-state index in [-0.39, 0.29) is 0 Å². The summed E-state index contributed by atoms with van der Waals surface area (Å²) in [6, 6.07) is 5.28. The van der Waals surface area contributed by atoms with Crippen molar-refractivity contribution in [2.75, 3.05) is 44.4 Å². The molecule has 106 valence electrons. The summed E-state index contributed by atoms with van der Waals surface area (Å²) in [6.45, 7) is 4.69. The second-order valence-electron chi connectivity index (χ2n) is 4.84. The van der Waals surface area contributed by atoms with Gasteiger partial charge in [-0.1, -0.05) is 6.07 Å². The molecule has 5 heteroatoms. The third kappa shape index (κ3) is 4.13. The molecule has 0 heterocycles. The number of nitrogens with zero attached hydrogens (tertiary/aromatic N) is 2. The summed E-state index contributed by atoms with van der Waals surface area (Å²) >= 11 is 0. The first-order valence-electron chi connectivity index (χ1n) is 6.55. The minimum absolute atomic E-state index is 0.437. The van der Waals surface area contributed by atoms with E-state index >= 15 is 0 Å². The molecule has 0 aliphatic rings. The van der Waals surface area contributed by atoms with Crippen LogP contribution in [0, 0.1) is 0 Å². The van der Waals surface area contributed by atoms with Crippen molar-refractivity contribution in [3.8, 4) is 0 Å². The number of carbonyl (C=O) groups is 1. The number of rotatable bonds is 7. The zero-order valence-electron chi connectivity index (χ0n) is 12.0. The van der Waals surface area contributed by atoms with Crippen molar-refractivity contribution in [3.05, 3.63) is 23.8 Å². The predicted octanol–water partition coefficient (Wildman–Crippen LogP) is 1.15. The van der Waals surface area contributed by atoms with Gasteiger partial charge in [0.1, 0.15) is 0 Å². The highest BCUT2D eigenvalue weighted by molar-refractivity contribution is 6.01. The van der Waals surface area contributed by atoms with Crippen molar-refractivity contribution in [1.29, 1.82) is 0 Å². The average molecular weight is 264 g/mol. The summed E-state index contributed by atoms with van der Waals surface area (Å²) < 4.78 is 0. The van der Waals surface area contributed by atoms with Crippen LogP contribution in [0.15, 0.2) is 18.2 Å². The number of carbonyl (C=O) groups excluding carboxylic acids is 1. The van der Waals surface area contributed by atoms with E-state index in [0.717, 1.165) is 31.7 Å². The Morgan fingerprint density at radius 1 is 1.26 bits per heavy atom. The largest absolute Gasteiger partial charge is 0.397 e. The molecule has 4 N–H and O–H groups in total. The fourth-order valence-electron chi connectivity index (χ4n) is 2.12. The maximum Gasteiger partial charge on any atom is 0.250 e. The summed E-state index contributed by atoms with van der Waals surface area (Å²) in [5.74, 6) is -0.437. The van der Waals surface area contributed by atoms with Crippen LogP contribution in [-0.2, 0) is 0 Å². The van der Waals surface area contributed by atoms with Crippen LogP contribution in [0.4, 0.5) is 11.4 Å². The van der Waals surface area contributed by atoms with Crippen molar-refractivity contribution >= 4 is 17.3 Å². The van der Waals surface area contributed by atoms with Crippen molar-refractivity contribution in [2.45, 2.75) is 13.3 Å². The van der Waals surface area contributed by atoms with Gasteiger partial charge in [0.2, 0.25) is 0 Å². The first-order chi connectivity index (χ1) is 8.97. The summed E-state index contributed by atoms with van der Waals surface area (Å²) in [5, 5.41) is 0. The Balaban J connectivity index is 2.94. The molecule has 0 saturated carbocycles. The number of nitrogens with two attached hydrogens (primary N) is 2. The van der Waals surface area contributed by atoms with E-state index in [1.807, 2.05) is 21.0 Å². The minimum Gasteiger partial charge on any atom is -0.397 e. The van der Waals surface area contributed by atoms with Gasteiger partial charge in [-0.2, -0.15) is 0 Å². The van der Waals surface area contributed by atoms with Crippen LogP contribution >= 0.6 is 0 Å². The molecule has 0 fully saturated rings. The highest BCUT2D eigenvalue weighted by atomic mass is 16.1. The smallest absolute Gasteiger partial charge is 0.250 e. The Morgan fingerprint density at radius 3 is 2.47 bits per heavy atom. The maximum absolute atomic E-state index is 11.5. The van der Waals surface area contributed by atoms with Crippen LogP contribution in [-0.4, -0.2) is 44.5 Å². The van der Waals surface area contributed by atoms with Crippen molar-refractivity contribution in [1.82, 2.24) is 4.90 Å². The van der Waals surface area contributed by atoms with Crippen molar-refractivity contribution in [3.63, 3.8) is 0 Å². The molecular formula is C14H24N4O. The molecule has 0 unspecified atom stereocenters. The Morgan fingerprint density at radius 2 is 1.95 bits per heavy atom. The molecule has 0 aliphatic heterocycles. The Labute approximate surface area is 115 Å². The van der Waals surface area contributed by atoms with Gasteiger partial charge in [-0.15, -0.1) is 0 Å². The Bertz CT molecular complexity index is 431. The van der Waals surface area contributed by atoms with Crippen LogP contribution in [0.3, 0.4) is 0 Å². The van der Waals surface area contributed by atoms with Crippen LogP contribution in [0.2, 0.25) is 0 Å². The van der Waals surface area contributed by atoms with E-state index in [9.17, 15) is 4.79 Å². The number of para-hydroxylation sites is 1. The number of nitrogen functional groups attached to an aromatic ring is 1. The van der Waals surface area contributed by atoms with Crippen molar-refractivity contribution < 1.29 is 4.79 Å². The van der Waals surface area contributed by atoms with Gasteiger partial charge < -0.3 is 21.3 Å². The standard InChI is InChI=1S/C14H24N4O/c1-4-18(10-6-9-17(2)3)13-11(14(16)19)7-5-8-12(13)15/h5,7-8H,4,6,9-10,15H2,1-3H3,(H2,16,19). The van der Waals surface area contributed by atoms with Gasteiger partial charge in [-0.25, -0.2) is 0 Å². The van der Waals surface area contributed by atoms with Crippen LogP contribution < -0.4 is 16.4 Å². The molecule has 0 radical (unpaired) electrons. The van der Waals surface area contributed by atoms with Gasteiger partial charge in [0.05, 0.1) is 16.9 Å². The third-order valence-corrected chi connectivity index (χ3v) is 3.06. The summed E-state index contributed by atoms with van der Waals surface area (Å²) in [4.78, 5) is 15.8. The lowest BCUT2D eigenvalue weighted by atomic mass is 10.1. The fourth-order valence-corrected chi connectivity index (χ4v) is 2.12. The maximum atomic E-state index is 11.5. The molecule has 1 aromatic carbocycles. The lowest BCUT2D eigenvalue weighted by Crippen LogP contribution is -2.30. The normalized spacial score (nSPS) is 10.7. The number of hydrogen-bond acceptors (Lipinski definition) is 4. The van der Waals surface area contributed by atoms with E-state index in [2.05, 4.69) is 9.80 Å². The van der Waals surface area contributed by atoms with Gasteiger partial charge >= 0.3 is 0 Å². The second-order valence-corrected chi connectivity index (χ2v) is 4.84. The minimum atomic E-state index is -0.437. The topological polar surface area (TPSA) is 75.6 Å². The predicted molar refractivity (Wildman–Crippen MR) is 80.4 cm³/mol. The number of hydrogen-bond donors (Lipinski definition) is 2. The van der Waals surface area contributed by atoms with Gasteiger partial charge in [0, 0.05) is 13.1 Å². The van der Waals surface area contributed by atoms with Crippen LogP contribution in [0.5, 0.6) is 0 Å². The molecule has 0 spiro atoms. The first-order valence-corrected chi connectivity index (χ1v) is 6.55. The first kappa shape index (κ1) is 15.3. The molecule has 1 amide bonds. The molecule has 1 aromatic rings. The van der Waals surface area contributed by atoms with Gasteiger partial charge in [-0.3, -0.25) is 4.79 Å². The lowest BCUT2D eigenvalue weighted by Gasteiger charge is -2.27. The molecular weight excluding hydrogens is 240 g/mol. The van der Waals surface area contributed by atoms with Crippen LogP contribution in [0.25, 0.3) is 0 Å². The highest BCUT2D eigenvalue weighted by Crippen LogP contribution is 2.27. The number of amides is 1. The third-order valence-electron chi connectivity index (χ3n) is 3.06. The summed E-state index contributed by atoms with van der Waals surface area (Å²) in [5.41, 5.74) is 13.3. The van der Waals surface area contributed by atoms with Gasteiger partial charge in [0.15, 0.2) is 0 Å². The number of anilines is 2. The fraction of sp³-hybridized carbons (Fsp3) is 0.500. The molecule has 1 rings (SSSR count). The highest BCUT2D eigenvalue weighted by Gasteiger charge is 2.16. The summed E-state index contributed by atoms with van der Waals surface area (Å²) in [7, 11) is 4.09. The monoisotopic (exact) mass is 264 g/mol. The molecule has 0 saturated heterocycles. The average Bonchev–Trinajstić information content (AvgIpc) is 2.34. The van der Waals surface area contributed by atoms with E-state index in [4.69, 9.17) is 11.5 Å². The number of benzene rings is 1. The number of primary amides is 1. The molecule has 0 aliphatic carbocycles. The molecule has 0 bridgehead atoms. The van der Waals surface area contributed by atoms with E-state index in [0.29, 0.717) is 11.3 Å². The summed E-state index contributed by atoms with van der Waals surface area (Å²) in [6.07, 6.45) is 1.01. The quantitative estimate of drug-likeness (QED) is 0.724. The Hall–Kier alpha value is -1.75. The molecule has 19 heavy (non-hydrogen) atoms. The molecule has 5 nitrogen and oxygen atoms in total. The Kier molecular flexibility index (Phi) is 5.63. The van der Waals surface area contributed by atoms with Crippen molar-refractivity contribution in [2.24, 2.45) is 5.73 Å². The zero-order valence-corrected chi connectivity index (χ0v) is 12.0. The van der Waals surface area contributed by atoms with E-state index < -0.39 is 5.91 Å². The van der Waals surface area contributed by atoms with E-state index in [1.54, 1.807) is 18.2 Å². The van der Waals surface area contributed by atoms with Crippen LogP contribution in [0.1, 0.15) is 23.7 Å². The second kappa shape index (κ2) is 6.99. The molecule has 0 aromatic heterocycles. The van der Waals surface area contributed by atoms with Gasteiger partial charge in [0.25, 0.3) is 5.91 Å². The zero-order chi connectivity index (χ0) is 14.4.